The minimum Gasteiger partial charge on any atom is -0.310 e. The smallest absolute Gasteiger partial charge is 0.0798 e. The van der Waals surface area contributed by atoms with E-state index in [1.807, 2.05) is 5.51 Å². The van der Waals surface area contributed by atoms with E-state index in [1.54, 1.807) is 11.3 Å². The summed E-state index contributed by atoms with van der Waals surface area (Å²) in [7, 11) is 0. The fraction of sp³-hybridized carbons (Fsp3) is 0.769. The largest absolute Gasteiger partial charge is 0.310 e. The molecule has 1 aliphatic heterocycles. The van der Waals surface area contributed by atoms with Crippen LogP contribution in [0.2, 0.25) is 0 Å². The molecule has 2 heterocycles. The molecule has 2 aliphatic rings. The Bertz CT molecular complexity index is 372. The van der Waals surface area contributed by atoms with Crippen LogP contribution in [0, 0.1) is 6.92 Å². The van der Waals surface area contributed by atoms with Crippen LogP contribution >= 0.6 is 11.3 Å². The summed E-state index contributed by atoms with van der Waals surface area (Å²) in [5.41, 5.74) is 3.18. The first-order valence-corrected chi connectivity index (χ1v) is 7.56. The van der Waals surface area contributed by atoms with Gasteiger partial charge in [0.1, 0.15) is 0 Å². The first-order chi connectivity index (χ1) is 8.31. The van der Waals surface area contributed by atoms with Crippen LogP contribution in [0.3, 0.4) is 0 Å². The summed E-state index contributed by atoms with van der Waals surface area (Å²) in [4.78, 5) is 8.36. The van der Waals surface area contributed by atoms with E-state index >= 15 is 0 Å². The second kappa shape index (κ2) is 5.04. The van der Waals surface area contributed by atoms with Crippen molar-refractivity contribution in [2.45, 2.75) is 51.2 Å². The highest BCUT2D eigenvalue weighted by atomic mass is 32.1. The topological polar surface area (TPSA) is 28.2 Å². The van der Waals surface area contributed by atoms with Crippen molar-refractivity contribution in [1.29, 1.82) is 0 Å². The Morgan fingerprint density at radius 2 is 2.29 bits per heavy atom. The standard InChI is InChI=1S/C13H21N3S/c1-10-13(17-9-14-10)8-16-6-2-3-12(7-16)15-11-4-5-11/h9,11-12,15H,2-8H2,1H3. The lowest BCUT2D eigenvalue weighted by Crippen LogP contribution is -2.45. The van der Waals surface area contributed by atoms with Crippen LogP contribution in [0.4, 0.5) is 0 Å². The molecule has 0 bridgehead atoms. The Kier molecular flexibility index (Phi) is 3.45. The number of nitrogens with zero attached hydrogens (tertiary/aromatic N) is 2. The lowest BCUT2D eigenvalue weighted by molar-refractivity contribution is 0.183. The van der Waals surface area contributed by atoms with Gasteiger partial charge in [0.25, 0.3) is 0 Å². The monoisotopic (exact) mass is 251 g/mol. The number of hydrogen-bond donors (Lipinski definition) is 1. The third-order valence-corrected chi connectivity index (χ3v) is 4.69. The van der Waals surface area contributed by atoms with Crippen LogP contribution in [0.1, 0.15) is 36.3 Å². The molecule has 0 amide bonds. The van der Waals surface area contributed by atoms with Gasteiger partial charge in [-0.25, -0.2) is 4.98 Å². The Morgan fingerprint density at radius 3 is 3.00 bits per heavy atom. The van der Waals surface area contributed by atoms with Crippen LogP contribution in [0.15, 0.2) is 5.51 Å². The van der Waals surface area contributed by atoms with Crippen molar-refractivity contribution >= 4 is 11.3 Å². The number of thiazole rings is 1. The number of rotatable bonds is 4. The molecule has 0 radical (unpaired) electrons. The quantitative estimate of drug-likeness (QED) is 0.889. The molecule has 2 fully saturated rings. The average Bonchev–Trinajstić information content (AvgIpc) is 3.04. The van der Waals surface area contributed by atoms with Gasteiger partial charge in [-0.2, -0.15) is 0 Å². The average molecular weight is 251 g/mol. The molecule has 1 aromatic heterocycles. The molecule has 0 spiro atoms. The van der Waals surface area contributed by atoms with E-state index in [0.29, 0.717) is 0 Å². The molecule has 17 heavy (non-hydrogen) atoms. The van der Waals surface area contributed by atoms with Crippen LogP contribution < -0.4 is 5.32 Å². The van der Waals surface area contributed by atoms with Gasteiger partial charge in [-0.15, -0.1) is 11.3 Å². The van der Waals surface area contributed by atoms with Gasteiger partial charge in [-0.3, -0.25) is 4.90 Å². The van der Waals surface area contributed by atoms with E-state index in [9.17, 15) is 0 Å². The highest BCUT2D eigenvalue weighted by Crippen LogP contribution is 2.23. The molecule has 1 aromatic rings. The summed E-state index contributed by atoms with van der Waals surface area (Å²) in [5, 5.41) is 3.76. The fourth-order valence-electron chi connectivity index (χ4n) is 2.60. The third-order valence-electron chi connectivity index (χ3n) is 3.77. The van der Waals surface area contributed by atoms with Crippen LogP contribution in [-0.2, 0) is 6.54 Å². The SMILES string of the molecule is Cc1ncsc1CN1CCCC(NC2CC2)C1. The van der Waals surface area contributed by atoms with E-state index in [2.05, 4.69) is 22.1 Å². The van der Waals surface area contributed by atoms with Gasteiger partial charge in [0.15, 0.2) is 0 Å². The van der Waals surface area contributed by atoms with Gasteiger partial charge in [0.05, 0.1) is 11.2 Å². The molecule has 3 rings (SSSR count). The van der Waals surface area contributed by atoms with Crippen LogP contribution in [0.25, 0.3) is 0 Å². The van der Waals surface area contributed by atoms with Gasteiger partial charge in [0.2, 0.25) is 0 Å². The second-order valence-corrected chi connectivity index (χ2v) is 6.32. The zero-order valence-electron chi connectivity index (χ0n) is 10.5. The summed E-state index contributed by atoms with van der Waals surface area (Å²) in [6.45, 7) is 5.68. The molecule has 0 aromatic carbocycles. The molecular weight excluding hydrogens is 230 g/mol. The van der Waals surface area contributed by atoms with Crippen LogP contribution in [-0.4, -0.2) is 35.1 Å². The highest BCUT2D eigenvalue weighted by molar-refractivity contribution is 7.09. The van der Waals surface area contributed by atoms with Crippen molar-refractivity contribution < 1.29 is 0 Å². The fourth-order valence-corrected chi connectivity index (χ4v) is 3.42. The van der Waals surface area contributed by atoms with E-state index in [0.717, 1.165) is 18.6 Å². The first kappa shape index (κ1) is 11.6. The van der Waals surface area contributed by atoms with Crippen molar-refractivity contribution in [2.24, 2.45) is 0 Å². The summed E-state index contributed by atoms with van der Waals surface area (Å²) in [5.74, 6) is 0. The number of piperidine rings is 1. The van der Waals surface area contributed by atoms with Crippen LogP contribution in [0.5, 0.6) is 0 Å². The van der Waals surface area contributed by atoms with Gasteiger partial charge < -0.3 is 5.32 Å². The molecule has 1 aliphatic carbocycles. The van der Waals surface area contributed by atoms with Crippen molar-refractivity contribution in [1.82, 2.24) is 15.2 Å². The summed E-state index contributed by atoms with van der Waals surface area (Å²) in [6.07, 6.45) is 5.48. The zero-order valence-corrected chi connectivity index (χ0v) is 11.3. The molecule has 1 atom stereocenters. The maximum atomic E-state index is 4.34. The Balaban J connectivity index is 1.54. The molecular formula is C13H21N3S. The van der Waals surface area contributed by atoms with Crippen molar-refractivity contribution in [2.75, 3.05) is 13.1 Å². The van der Waals surface area contributed by atoms with E-state index in [-0.39, 0.29) is 0 Å². The lowest BCUT2D eigenvalue weighted by Gasteiger charge is -2.33. The second-order valence-electron chi connectivity index (χ2n) is 5.38. The minimum atomic E-state index is 0.726. The number of aromatic nitrogens is 1. The zero-order chi connectivity index (χ0) is 11.7. The van der Waals surface area contributed by atoms with Crippen molar-refractivity contribution in [3.8, 4) is 0 Å². The number of nitrogens with one attached hydrogen (secondary N) is 1. The Morgan fingerprint density at radius 1 is 1.41 bits per heavy atom. The molecule has 1 N–H and O–H groups in total. The third kappa shape index (κ3) is 3.06. The molecule has 3 nitrogen and oxygen atoms in total. The van der Waals surface area contributed by atoms with Gasteiger partial charge in [0, 0.05) is 30.1 Å². The molecule has 4 heteroatoms. The van der Waals surface area contributed by atoms with Gasteiger partial charge in [-0.05, 0) is 39.2 Å². The normalized spacial score (nSPS) is 26.3. The lowest BCUT2D eigenvalue weighted by atomic mass is 10.1. The van der Waals surface area contributed by atoms with E-state index in [4.69, 9.17) is 0 Å². The minimum absolute atomic E-state index is 0.726. The first-order valence-electron chi connectivity index (χ1n) is 6.68. The number of aryl methyl sites for hydroxylation is 1. The maximum Gasteiger partial charge on any atom is 0.0798 e. The predicted octanol–water partition coefficient (Wildman–Crippen LogP) is 2.17. The highest BCUT2D eigenvalue weighted by Gasteiger charge is 2.27. The maximum absolute atomic E-state index is 4.34. The number of likely N-dealkylation sites (tertiary alicyclic amines) is 1. The Labute approximate surface area is 107 Å². The molecule has 1 saturated heterocycles. The van der Waals surface area contributed by atoms with Crippen molar-refractivity contribution in [3.05, 3.63) is 16.1 Å². The number of hydrogen-bond acceptors (Lipinski definition) is 4. The molecule has 94 valence electrons. The summed E-state index contributed by atoms with van der Waals surface area (Å²) >= 11 is 1.80. The van der Waals surface area contributed by atoms with E-state index < -0.39 is 0 Å². The Hall–Kier alpha value is -0.450. The van der Waals surface area contributed by atoms with Gasteiger partial charge >= 0.3 is 0 Å². The van der Waals surface area contributed by atoms with E-state index in [1.165, 1.54) is 49.3 Å². The van der Waals surface area contributed by atoms with Gasteiger partial charge in [-0.1, -0.05) is 0 Å². The van der Waals surface area contributed by atoms with Crippen molar-refractivity contribution in [3.63, 3.8) is 0 Å². The molecule has 1 saturated carbocycles. The summed E-state index contributed by atoms with van der Waals surface area (Å²) < 4.78 is 0. The predicted molar refractivity (Wildman–Crippen MR) is 71.3 cm³/mol. The molecule has 1 unspecified atom stereocenters. The summed E-state index contributed by atoms with van der Waals surface area (Å²) in [6, 6.07) is 1.56.